The van der Waals surface area contributed by atoms with Crippen LogP contribution in [-0.4, -0.2) is 17.6 Å². The molecule has 1 aliphatic rings. The predicted molar refractivity (Wildman–Crippen MR) is 90.2 cm³/mol. The Morgan fingerprint density at radius 2 is 2.24 bits per heavy atom. The minimum absolute atomic E-state index is 0.547. The summed E-state index contributed by atoms with van der Waals surface area (Å²) in [5, 5.41) is 3.78. The van der Waals surface area contributed by atoms with E-state index in [4.69, 9.17) is 5.73 Å². The minimum Gasteiger partial charge on any atom is -0.398 e. The molecule has 118 valence electrons. The smallest absolute Gasteiger partial charge is 0.0378 e. The Morgan fingerprint density at radius 3 is 2.95 bits per heavy atom. The zero-order valence-corrected chi connectivity index (χ0v) is 13.6. The normalized spacial score (nSPS) is 23.9. The summed E-state index contributed by atoms with van der Waals surface area (Å²) in [5.74, 6) is 1.70. The zero-order valence-electron chi connectivity index (χ0n) is 13.6. The van der Waals surface area contributed by atoms with E-state index >= 15 is 0 Å². The SMILES string of the molecule is CCCNC(Cc1cnccc1N)C1CCCC(CC)C1. The van der Waals surface area contributed by atoms with E-state index in [0.717, 1.165) is 30.5 Å². The number of pyridine rings is 1. The molecule has 0 aromatic carbocycles. The van der Waals surface area contributed by atoms with Crippen molar-refractivity contribution in [3.63, 3.8) is 0 Å². The highest BCUT2D eigenvalue weighted by Gasteiger charge is 2.27. The van der Waals surface area contributed by atoms with Crippen LogP contribution in [0.15, 0.2) is 18.5 Å². The molecular weight excluding hydrogens is 258 g/mol. The Labute approximate surface area is 129 Å². The van der Waals surface area contributed by atoms with Gasteiger partial charge in [-0.1, -0.05) is 33.1 Å². The van der Waals surface area contributed by atoms with Gasteiger partial charge in [0.15, 0.2) is 0 Å². The highest BCUT2D eigenvalue weighted by molar-refractivity contribution is 5.44. The van der Waals surface area contributed by atoms with E-state index < -0.39 is 0 Å². The number of nitrogen functional groups attached to an aromatic ring is 1. The van der Waals surface area contributed by atoms with E-state index in [1.54, 1.807) is 6.20 Å². The van der Waals surface area contributed by atoms with Crippen LogP contribution in [0.3, 0.4) is 0 Å². The number of anilines is 1. The number of nitrogens with two attached hydrogens (primary N) is 1. The predicted octanol–water partition coefficient (Wildman–Crippen LogP) is 3.79. The molecule has 1 aromatic heterocycles. The van der Waals surface area contributed by atoms with Gasteiger partial charge in [-0.05, 0) is 55.7 Å². The van der Waals surface area contributed by atoms with Crippen LogP contribution in [0.25, 0.3) is 0 Å². The second kappa shape index (κ2) is 8.38. The first-order valence-electron chi connectivity index (χ1n) is 8.66. The Balaban J connectivity index is 2.05. The van der Waals surface area contributed by atoms with Gasteiger partial charge in [-0.15, -0.1) is 0 Å². The zero-order chi connectivity index (χ0) is 15.1. The van der Waals surface area contributed by atoms with Gasteiger partial charge in [0, 0.05) is 24.1 Å². The van der Waals surface area contributed by atoms with Gasteiger partial charge in [0.2, 0.25) is 0 Å². The molecule has 1 heterocycles. The maximum Gasteiger partial charge on any atom is 0.0378 e. The van der Waals surface area contributed by atoms with Crippen LogP contribution in [0.1, 0.15) is 57.9 Å². The second-order valence-electron chi connectivity index (χ2n) is 6.54. The topological polar surface area (TPSA) is 50.9 Å². The van der Waals surface area contributed by atoms with Crippen LogP contribution < -0.4 is 11.1 Å². The van der Waals surface area contributed by atoms with Crippen LogP contribution >= 0.6 is 0 Å². The molecule has 0 radical (unpaired) electrons. The van der Waals surface area contributed by atoms with E-state index in [2.05, 4.69) is 24.1 Å². The Kier molecular flexibility index (Phi) is 6.50. The van der Waals surface area contributed by atoms with Crippen LogP contribution in [-0.2, 0) is 6.42 Å². The molecule has 3 nitrogen and oxygen atoms in total. The molecule has 3 atom stereocenters. The fourth-order valence-corrected chi connectivity index (χ4v) is 3.65. The highest BCUT2D eigenvalue weighted by atomic mass is 14.9. The third-order valence-corrected chi connectivity index (χ3v) is 5.01. The first-order valence-corrected chi connectivity index (χ1v) is 8.66. The van der Waals surface area contributed by atoms with Crippen molar-refractivity contribution in [2.75, 3.05) is 12.3 Å². The molecule has 0 aliphatic heterocycles. The number of nitrogens with zero attached hydrogens (tertiary/aromatic N) is 1. The van der Waals surface area contributed by atoms with Crippen molar-refractivity contribution in [1.29, 1.82) is 0 Å². The van der Waals surface area contributed by atoms with Gasteiger partial charge in [-0.25, -0.2) is 0 Å². The maximum absolute atomic E-state index is 6.11. The highest BCUT2D eigenvalue weighted by Crippen LogP contribution is 2.34. The molecule has 1 saturated carbocycles. The van der Waals surface area contributed by atoms with Gasteiger partial charge in [0.25, 0.3) is 0 Å². The first-order chi connectivity index (χ1) is 10.2. The Hall–Kier alpha value is -1.09. The van der Waals surface area contributed by atoms with Gasteiger partial charge in [-0.3, -0.25) is 4.98 Å². The molecule has 0 saturated heterocycles. The maximum atomic E-state index is 6.11. The fraction of sp³-hybridized carbons (Fsp3) is 0.722. The first kappa shape index (κ1) is 16.3. The molecule has 2 rings (SSSR count). The number of nitrogens with one attached hydrogen (secondary N) is 1. The molecule has 1 fully saturated rings. The van der Waals surface area contributed by atoms with Crippen LogP contribution in [0, 0.1) is 11.8 Å². The number of rotatable bonds is 7. The van der Waals surface area contributed by atoms with E-state index in [1.807, 2.05) is 12.3 Å². The quantitative estimate of drug-likeness (QED) is 0.803. The summed E-state index contributed by atoms with van der Waals surface area (Å²) in [7, 11) is 0. The van der Waals surface area contributed by atoms with Crippen LogP contribution in [0.2, 0.25) is 0 Å². The van der Waals surface area contributed by atoms with Crippen LogP contribution in [0.5, 0.6) is 0 Å². The molecule has 3 unspecified atom stereocenters. The van der Waals surface area contributed by atoms with E-state index in [9.17, 15) is 0 Å². The molecule has 1 aromatic rings. The second-order valence-corrected chi connectivity index (χ2v) is 6.54. The monoisotopic (exact) mass is 289 g/mol. The Morgan fingerprint density at radius 1 is 1.38 bits per heavy atom. The van der Waals surface area contributed by atoms with Crippen molar-refractivity contribution in [3.05, 3.63) is 24.0 Å². The van der Waals surface area contributed by atoms with E-state index in [1.165, 1.54) is 44.1 Å². The summed E-state index contributed by atoms with van der Waals surface area (Å²) in [6.45, 7) is 5.66. The van der Waals surface area contributed by atoms with Crippen molar-refractivity contribution in [2.24, 2.45) is 11.8 Å². The van der Waals surface area contributed by atoms with Crippen molar-refractivity contribution >= 4 is 5.69 Å². The van der Waals surface area contributed by atoms with Gasteiger partial charge in [0.1, 0.15) is 0 Å². The number of hydrogen-bond donors (Lipinski definition) is 2. The molecule has 0 spiro atoms. The van der Waals surface area contributed by atoms with Crippen LogP contribution in [0.4, 0.5) is 5.69 Å². The Bertz CT molecular complexity index is 419. The average molecular weight is 289 g/mol. The fourth-order valence-electron chi connectivity index (χ4n) is 3.65. The molecule has 3 heteroatoms. The lowest BCUT2D eigenvalue weighted by molar-refractivity contribution is 0.207. The molecule has 0 bridgehead atoms. The van der Waals surface area contributed by atoms with Crippen molar-refractivity contribution in [1.82, 2.24) is 10.3 Å². The molecule has 21 heavy (non-hydrogen) atoms. The lowest BCUT2D eigenvalue weighted by Crippen LogP contribution is -2.40. The largest absolute Gasteiger partial charge is 0.398 e. The van der Waals surface area contributed by atoms with Crippen molar-refractivity contribution in [2.45, 2.75) is 64.8 Å². The van der Waals surface area contributed by atoms with Crippen molar-refractivity contribution < 1.29 is 0 Å². The van der Waals surface area contributed by atoms with Gasteiger partial charge in [-0.2, -0.15) is 0 Å². The van der Waals surface area contributed by atoms with E-state index in [0.29, 0.717) is 6.04 Å². The van der Waals surface area contributed by atoms with Gasteiger partial charge in [0.05, 0.1) is 0 Å². The van der Waals surface area contributed by atoms with E-state index in [-0.39, 0.29) is 0 Å². The summed E-state index contributed by atoms with van der Waals surface area (Å²) in [6.07, 6.45) is 12.8. The lowest BCUT2D eigenvalue weighted by Gasteiger charge is -2.35. The third kappa shape index (κ3) is 4.70. The third-order valence-electron chi connectivity index (χ3n) is 5.01. The van der Waals surface area contributed by atoms with Crippen molar-refractivity contribution in [3.8, 4) is 0 Å². The number of aromatic nitrogens is 1. The number of hydrogen-bond acceptors (Lipinski definition) is 3. The summed E-state index contributed by atoms with van der Waals surface area (Å²) in [5.41, 5.74) is 8.20. The summed E-state index contributed by atoms with van der Waals surface area (Å²) < 4.78 is 0. The summed E-state index contributed by atoms with van der Waals surface area (Å²) in [4.78, 5) is 4.25. The molecule has 3 N–H and O–H groups in total. The molecule has 1 aliphatic carbocycles. The van der Waals surface area contributed by atoms with Gasteiger partial charge < -0.3 is 11.1 Å². The molecular formula is C18H31N3. The summed E-state index contributed by atoms with van der Waals surface area (Å²) in [6, 6.07) is 2.47. The lowest BCUT2D eigenvalue weighted by atomic mass is 9.75. The minimum atomic E-state index is 0.547. The molecule has 0 amide bonds. The summed E-state index contributed by atoms with van der Waals surface area (Å²) >= 11 is 0. The average Bonchev–Trinajstić information content (AvgIpc) is 2.53. The van der Waals surface area contributed by atoms with Gasteiger partial charge >= 0.3 is 0 Å². The standard InChI is InChI=1S/C18H31N3/c1-3-9-21-18(12-16-13-20-10-8-17(16)19)15-7-5-6-14(4-2)11-15/h8,10,13-15,18,21H,3-7,9,11-12H2,1-2H3,(H2,19,20).